The second-order valence-electron chi connectivity index (χ2n) is 7.71. The number of ether oxygens (including phenoxy) is 3. The van der Waals surface area contributed by atoms with Crippen molar-refractivity contribution in [3.63, 3.8) is 0 Å². The van der Waals surface area contributed by atoms with Gasteiger partial charge in [0.25, 0.3) is 15.9 Å². The Bertz CT molecular complexity index is 1260. The van der Waals surface area contributed by atoms with Crippen molar-refractivity contribution in [2.45, 2.75) is 17.9 Å². The quantitative estimate of drug-likeness (QED) is 0.496. The molecule has 0 aromatic heterocycles. The van der Waals surface area contributed by atoms with Gasteiger partial charge in [-0.05, 0) is 43.3 Å². The van der Waals surface area contributed by atoms with Crippen LogP contribution in [0.5, 0.6) is 17.2 Å². The van der Waals surface area contributed by atoms with Crippen molar-refractivity contribution in [1.82, 2.24) is 5.32 Å². The first-order valence-electron chi connectivity index (χ1n) is 10.8. The number of nitrogens with zero attached hydrogens (tertiary/aromatic N) is 1. The molecule has 9 heteroatoms. The van der Waals surface area contributed by atoms with Crippen molar-refractivity contribution in [2.24, 2.45) is 0 Å². The predicted molar refractivity (Wildman–Crippen MR) is 128 cm³/mol. The van der Waals surface area contributed by atoms with E-state index >= 15 is 0 Å². The van der Waals surface area contributed by atoms with Gasteiger partial charge in [0, 0.05) is 0 Å². The standard InChI is InChI=1S/C25H26N2O6S/c1-18-11-13-19(14-12-18)34(29,30)27-17-24(33-21-8-4-3-7-20(21)27)25(28)26-15-16-32-23-10-6-5-9-22(23)31-2/h3-14,24H,15-17H2,1-2H3,(H,26,28)/t24-/m1/s1. The maximum Gasteiger partial charge on any atom is 0.264 e. The summed E-state index contributed by atoms with van der Waals surface area (Å²) in [6.45, 7) is 2.16. The van der Waals surface area contributed by atoms with Crippen LogP contribution in [0, 0.1) is 6.92 Å². The van der Waals surface area contributed by atoms with Gasteiger partial charge in [0.15, 0.2) is 17.6 Å². The molecule has 0 spiro atoms. The molecule has 0 bridgehead atoms. The zero-order valence-corrected chi connectivity index (χ0v) is 19.7. The molecule has 3 aromatic rings. The van der Waals surface area contributed by atoms with E-state index in [1.165, 1.54) is 4.31 Å². The minimum Gasteiger partial charge on any atom is -0.493 e. The van der Waals surface area contributed by atoms with E-state index in [0.29, 0.717) is 22.9 Å². The van der Waals surface area contributed by atoms with E-state index < -0.39 is 22.0 Å². The lowest BCUT2D eigenvalue weighted by molar-refractivity contribution is -0.127. The highest BCUT2D eigenvalue weighted by molar-refractivity contribution is 7.92. The van der Waals surface area contributed by atoms with Crippen LogP contribution >= 0.6 is 0 Å². The Morgan fingerprint density at radius 1 is 1.03 bits per heavy atom. The summed E-state index contributed by atoms with van der Waals surface area (Å²) in [6.07, 6.45) is -1.01. The SMILES string of the molecule is COc1ccccc1OCCNC(=O)[C@H]1CN(S(=O)(=O)c2ccc(C)cc2)c2ccccc2O1. The van der Waals surface area contributed by atoms with Crippen LogP contribution in [0.25, 0.3) is 0 Å². The molecule has 0 fully saturated rings. The van der Waals surface area contributed by atoms with Crippen molar-refractivity contribution in [1.29, 1.82) is 0 Å². The number of benzene rings is 3. The number of sulfonamides is 1. The van der Waals surface area contributed by atoms with Crippen molar-refractivity contribution < 1.29 is 27.4 Å². The zero-order chi connectivity index (χ0) is 24.1. The Balaban J connectivity index is 1.46. The second kappa shape index (κ2) is 10.0. The van der Waals surface area contributed by atoms with E-state index in [0.717, 1.165) is 5.56 Å². The number of carbonyl (C=O) groups is 1. The third-order valence-corrected chi connectivity index (χ3v) is 7.16. The summed E-state index contributed by atoms with van der Waals surface area (Å²) in [7, 11) is -2.34. The summed E-state index contributed by atoms with van der Waals surface area (Å²) >= 11 is 0. The molecule has 34 heavy (non-hydrogen) atoms. The predicted octanol–water partition coefficient (Wildman–Crippen LogP) is 3.16. The highest BCUT2D eigenvalue weighted by Crippen LogP contribution is 2.36. The van der Waals surface area contributed by atoms with Crippen molar-refractivity contribution in [3.8, 4) is 17.2 Å². The van der Waals surface area contributed by atoms with Crippen LogP contribution in [0.2, 0.25) is 0 Å². The Morgan fingerprint density at radius 2 is 1.71 bits per heavy atom. The van der Waals surface area contributed by atoms with Gasteiger partial charge in [0.1, 0.15) is 12.4 Å². The molecule has 1 aliphatic rings. The normalized spacial score (nSPS) is 15.1. The summed E-state index contributed by atoms with van der Waals surface area (Å²) < 4.78 is 44.8. The van der Waals surface area contributed by atoms with Gasteiger partial charge < -0.3 is 19.5 Å². The highest BCUT2D eigenvalue weighted by Gasteiger charge is 2.37. The summed E-state index contributed by atoms with van der Waals surface area (Å²) in [4.78, 5) is 13.0. The van der Waals surface area contributed by atoms with E-state index in [4.69, 9.17) is 14.2 Å². The number of carbonyl (C=O) groups excluding carboxylic acids is 1. The number of aryl methyl sites for hydroxylation is 1. The van der Waals surface area contributed by atoms with Crippen molar-refractivity contribution >= 4 is 21.6 Å². The van der Waals surface area contributed by atoms with Crippen molar-refractivity contribution in [2.75, 3.05) is 31.1 Å². The minimum absolute atomic E-state index is 0.146. The first kappa shape index (κ1) is 23.4. The number of rotatable bonds is 8. The van der Waals surface area contributed by atoms with E-state index in [2.05, 4.69) is 5.32 Å². The van der Waals surface area contributed by atoms with Crippen LogP contribution in [-0.2, 0) is 14.8 Å². The molecule has 0 aliphatic carbocycles. The average Bonchev–Trinajstić information content (AvgIpc) is 2.86. The fourth-order valence-electron chi connectivity index (χ4n) is 3.59. The average molecular weight is 483 g/mol. The summed E-state index contributed by atoms with van der Waals surface area (Å²) in [5, 5.41) is 2.76. The highest BCUT2D eigenvalue weighted by atomic mass is 32.2. The van der Waals surface area contributed by atoms with E-state index in [1.54, 1.807) is 67.8 Å². The molecule has 0 saturated carbocycles. The molecule has 4 rings (SSSR count). The molecular weight excluding hydrogens is 456 g/mol. The van der Waals surface area contributed by atoms with Gasteiger partial charge in [-0.1, -0.05) is 42.0 Å². The number of hydrogen-bond donors (Lipinski definition) is 1. The maximum absolute atomic E-state index is 13.4. The van der Waals surface area contributed by atoms with Crippen LogP contribution in [-0.4, -0.2) is 47.2 Å². The summed E-state index contributed by atoms with van der Waals surface area (Å²) in [6, 6.07) is 20.6. The van der Waals surface area contributed by atoms with Crippen LogP contribution < -0.4 is 23.8 Å². The monoisotopic (exact) mass is 482 g/mol. The first-order valence-corrected chi connectivity index (χ1v) is 12.2. The number of nitrogens with one attached hydrogen (secondary N) is 1. The molecule has 178 valence electrons. The van der Waals surface area contributed by atoms with Gasteiger partial charge in [-0.15, -0.1) is 0 Å². The maximum atomic E-state index is 13.4. The summed E-state index contributed by atoms with van der Waals surface area (Å²) in [5.41, 5.74) is 1.35. The van der Waals surface area contributed by atoms with Crippen LogP contribution in [0.4, 0.5) is 5.69 Å². The number of para-hydroxylation sites is 4. The molecule has 1 heterocycles. The third kappa shape index (κ3) is 4.94. The molecule has 1 N–H and O–H groups in total. The fraction of sp³-hybridized carbons (Fsp3) is 0.240. The van der Waals surface area contributed by atoms with E-state index in [-0.39, 0.29) is 24.6 Å². The van der Waals surface area contributed by atoms with Gasteiger partial charge in [-0.25, -0.2) is 8.42 Å². The molecule has 8 nitrogen and oxygen atoms in total. The number of fused-ring (bicyclic) bond motifs is 1. The first-order chi connectivity index (χ1) is 16.4. The van der Waals surface area contributed by atoms with Gasteiger partial charge in [0.2, 0.25) is 0 Å². The largest absolute Gasteiger partial charge is 0.493 e. The second-order valence-corrected chi connectivity index (χ2v) is 9.58. The Hall–Kier alpha value is -3.72. The van der Waals surface area contributed by atoms with Crippen LogP contribution in [0.15, 0.2) is 77.7 Å². The number of hydrogen-bond acceptors (Lipinski definition) is 6. The number of amides is 1. The molecule has 3 aromatic carbocycles. The fourth-order valence-corrected chi connectivity index (χ4v) is 5.07. The number of anilines is 1. The Morgan fingerprint density at radius 3 is 2.44 bits per heavy atom. The summed E-state index contributed by atoms with van der Waals surface area (Å²) in [5.74, 6) is 1.06. The lowest BCUT2D eigenvalue weighted by Crippen LogP contribution is -2.51. The third-order valence-electron chi connectivity index (χ3n) is 5.36. The topological polar surface area (TPSA) is 94.2 Å². The lowest BCUT2D eigenvalue weighted by atomic mass is 10.2. The molecule has 1 aliphatic heterocycles. The Labute approximate surface area is 199 Å². The molecule has 1 atom stereocenters. The van der Waals surface area contributed by atoms with Gasteiger partial charge in [-0.2, -0.15) is 0 Å². The zero-order valence-electron chi connectivity index (χ0n) is 18.9. The molecule has 0 saturated heterocycles. The molecule has 0 radical (unpaired) electrons. The minimum atomic E-state index is -3.89. The lowest BCUT2D eigenvalue weighted by Gasteiger charge is -2.34. The van der Waals surface area contributed by atoms with Gasteiger partial charge in [-0.3, -0.25) is 9.10 Å². The van der Waals surface area contributed by atoms with Crippen LogP contribution in [0.3, 0.4) is 0 Å². The van der Waals surface area contributed by atoms with Gasteiger partial charge >= 0.3 is 0 Å². The van der Waals surface area contributed by atoms with E-state index in [9.17, 15) is 13.2 Å². The molecular formula is C25H26N2O6S. The Kier molecular flexibility index (Phi) is 6.93. The van der Waals surface area contributed by atoms with Crippen molar-refractivity contribution in [3.05, 3.63) is 78.4 Å². The van der Waals surface area contributed by atoms with E-state index in [1.807, 2.05) is 19.1 Å². The molecule has 1 amide bonds. The smallest absolute Gasteiger partial charge is 0.264 e. The molecule has 0 unspecified atom stereocenters. The number of methoxy groups -OCH3 is 1. The van der Waals surface area contributed by atoms with Crippen LogP contribution in [0.1, 0.15) is 5.56 Å². The van der Waals surface area contributed by atoms with Gasteiger partial charge in [0.05, 0.1) is 30.8 Å².